The van der Waals surface area contributed by atoms with E-state index >= 15 is 0 Å². The standard InChI is InChI=1S/C36H42N2O16/c1-7-22-24(13-29(43)38-27(33(44)45)12-21-14-37-26-11-9-8-10-23(21)26)25(34(46)47-6)15-49-35(22)54-36-32(52-20(5)42)31(51-19(4)41)30(50-18(3)40)28(53-36)16-48-17(2)39/h7-11,14-15,22,24,27-28,30-32,35-37H,1,12-13,16H2,2-6H3,(H,38,43)(H,44,45)/t22-,24+,27+,28-,30-,31+,32-,35+,36+/m1/s1. The van der Waals surface area contributed by atoms with Crippen molar-refractivity contribution in [3.8, 4) is 0 Å². The second-order valence-corrected chi connectivity index (χ2v) is 12.4. The summed E-state index contributed by atoms with van der Waals surface area (Å²) >= 11 is 0. The average molecular weight is 759 g/mol. The molecule has 1 aromatic carbocycles. The molecular weight excluding hydrogens is 716 g/mol. The van der Waals surface area contributed by atoms with E-state index < -0.39 is 110 Å². The topological polar surface area (TPSA) is 241 Å². The van der Waals surface area contributed by atoms with Crippen LogP contribution in [-0.2, 0) is 77.9 Å². The molecule has 1 aromatic heterocycles. The van der Waals surface area contributed by atoms with Gasteiger partial charge in [0.05, 0.1) is 18.9 Å². The smallest absolute Gasteiger partial charge is 0.337 e. The number of ether oxygens (including phenoxy) is 8. The van der Waals surface area contributed by atoms with Gasteiger partial charge in [0.2, 0.25) is 18.5 Å². The first-order chi connectivity index (χ1) is 25.6. The Labute approximate surface area is 309 Å². The zero-order valence-corrected chi connectivity index (χ0v) is 30.1. The fourth-order valence-electron chi connectivity index (χ4n) is 6.28. The van der Waals surface area contributed by atoms with Crippen molar-refractivity contribution in [3.05, 3.63) is 60.5 Å². The molecule has 4 rings (SSSR count). The van der Waals surface area contributed by atoms with Crippen LogP contribution in [-0.4, -0.2) is 109 Å². The quantitative estimate of drug-likeness (QED) is 0.133. The number of amides is 1. The van der Waals surface area contributed by atoms with Crippen LogP contribution in [0.5, 0.6) is 0 Å². The first kappa shape index (κ1) is 41.0. The normalized spacial score (nSPS) is 25.5. The van der Waals surface area contributed by atoms with E-state index in [-0.39, 0.29) is 12.0 Å². The van der Waals surface area contributed by atoms with Crippen LogP contribution in [0.4, 0.5) is 0 Å². The highest BCUT2D eigenvalue weighted by molar-refractivity contribution is 5.91. The van der Waals surface area contributed by atoms with Crippen molar-refractivity contribution in [2.75, 3.05) is 13.7 Å². The number of hydrogen-bond donors (Lipinski definition) is 3. The summed E-state index contributed by atoms with van der Waals surface area (Å²) in [5, 5.41) is 13.3. The Hall–Kier alpha value is -5.75. The summed E-state index contributed by atoms with van der Waals surface area (Å²) in [6.45, 7) is 7.61. The Morgan fingerprint density at radius 3 is 2.19 bits per heavy atom. The van der Waals surface area contributed by atoms with Crippen molar-refractivity contribution in [2.45, 2.75) is 83.6 Å². The predicted molar refractivity (Wildman–Crippen MR) is 181 cm³/mol. The molecule has 2 aliphatic heterocycles. The fourth-order valence-corrected chi connectivity index (χ4v) is 6.28. The maximum atomic E-state index is 13.6. The van der Waals surface area contributed by atoms with Crippen molar-refractivity contribution >= 4 is 52.6 Å². The van der Waals surface area contributed by atoms with Gasteiger partial charge in [-0.2, -0.15) is 0 Å². The molecule has 9 atom stereocenters. The number of benzene rings is 1. The van der Waals surface area contributed by atoms with Crippen molar-refractivity contribution in [1.29, 1.82) is 0 Å². The highest BCUT2D eigenvalue weighted by Gasteiger charge is 2.54. The maximum Gasteiger partial charge on any atom is 0.337 e. The second-order valence-electron chi connectivity index (χ2n) is 12.4. The molecular formula is C36H42N2O16. The zero-order chi connectivity index (χ0) is 39.7. The van der Waals surface area contributed by atoms with E-state index in [2.05, 4.69) is 16.9 Å². The highest BCUT2D eigenvalue weighted by atomic mass is 16.8. The average Bonchev–Trinajstić information content (AvgIpc) is 3.51. The summed E-state index contributed by atoms with van der Waals surface area (Å²) in [7, 11) is 1.12. The fraction of sp³-hybridized carbons (Fsp3) is 0.472. The first-order valence-electron chi connectivity index (χ1n) is 16.7. The number of carbonyl (C=O) groups is 7. The Morgan fingerprint density at radius 1 is 0.926 bits per heavy atom. The van der Waals surface area contributed by atoms with Crippen LogP contribution < -0.4 is 5.32 Å². The van der Waals surface area contributed by atoms with Gasteiger partial charge in [-0.15, -0.1) is 6.58 Å². The number of esters is 5. The molecule has 18 nitrogen and oxygen atoms in total. The van der Waals surface area contributed by atoms with Gasteiger partial charge in [-0.05, 0) is 11.6 Å². The number of carboxylic acids is 1. The number of H-pyrrole nitrogens is 1. The SMILES string of the molecule is C=C[C@H]1[C@H](O[C@@H]2O[C@H](COC(C)=O)[C@@H](OC(C)=O)[C@H](OC(C)=O)[C@H]2OC(C)=O)OC=C(C(=O)OC)[C@H]1CC(=O)N[C@@H](Cc1c[nH]c2ccccc12)C(=O)O. The predicted octanol–water partition coefficient (Wildman–Crippen LogP) is 1.60. The Morgan fingerprint density at radius 2 is 1.57 bits per heavy atom. The van der Waals surface area contributed by atoms with E-state index in [0.29, 0.717) is 5.56 Å². The number of aromatic nitrogens is 1. The largest absolute Gasteiger partial charge is 0.480 e. The summed E-state index contributed by atoms with van der Waals surface area (Å²) in [6, 6.07) is 5.92. The van der Waals surface area contributed by atoms with Gasteiger partial charge < -0.3 is 53.3 Å². The van der Waals surface area contributed by atoms with E-state index in [0.717, 1.165) is 52.0 Å². The summed E-state index contributed by atoms with van der Waals surface area (Å²) < 4.78 is 44.3. The van der Waals surface area contributed by atoms with E-state index in [1.807, 2.05) is 18.2 Å². The molecule has 1 amide bonds. The van der Waals surface area contributed by atoms with Crippen LogP contribution in [0.2, 0.25) is 0 Å². The molecule has 3 N–H and O–H groups in total. The van der Waals surface area contributed by atoms with Gasteiger partial charge in [0.1, 0.15) is 18.8 Å². The first-order valence-corrected chi connectivity index (χ1v) is 16.7. The summed E-state index contributed by atoms with van der Waals surface area (Å²) in [5.74, 6) is -8.33. The third-order valence-corrected chi connectivity index (χ3v) is 8.55. The number of methoxy groups -OCH3 is 1. The van der Waals surface area contributed by atoms with Crippen molar-refractivity contribution in [3.63, 3.8) is 0 Å². The molecule has 0 saturated carbocycles. The number of para-hydroxylation sites is 1. The van der Waals surface area contributed by atoms with Gasteiger partial charge in [-0.25, -0.2) is 9.59 Å². The van der Waals surface area contributed by atoms with Gasteiger partial charge in [0, 0.05) is 69.5 Å². The van der Waals surface area contributed by atoms with Crippen molar-refractivity contribution in [1.82, 2.24) is 10.3 Å². The molecule has 54 heavy (non-hydrogen) atoms. The molecule has 0 radical (unpaired) electrons. The van der Waals surface area contributed by atoms with Crippen LogP contribution >= 0.6 is 0 Å². The van der Waals surface area contributed by atoms with E-state index in [1.54, 1.807) is 12.3 Å². The monoisotopic (exact) mass is 758 g/mol. The number of aromatic amines is 1. The Bertz CT molecular complexity index is 1780. The number of hydrogen-bond acceptors (Lipinski definition) is 15. The Balaban J connectivity index is 1.64. The lowest BCUT2D eigenvalue weighted by Gasteiger charge is -2.45. The number of nitrogens with one attached hydrogen (secondary N) is 2. The van der Waals surface area contributed by atoms with E-state index in [9.17, 15) is 38.7 Å². The minimum Gasteiger partial charge on any atom is -0.480 e. The molecule has 292 valence electrons. The summed E-state index contributed by atoms with van der Waals surface area (Å²) in [4.78, 5) is 90.2. The van der Waals surface area contributed by atoms with Crippen LogP contribution in [0.15, 0.2) is 55.0 Å². The minimum absolute atomic E-state index is 0.0575. The Kier molecular flexibility index (Phi) is 13.9. The molecule has 0 aliphatic carbocycles. The van der Waals surface area contributed by atoms with E-state index in [4.69, 9.17) is 37.9 Å². The lowest BCUT2D eigenvalue weighted by molar-refractivity contribution is -0.342. The molecule has 3 heterocycles. The van der Waals surface area contributed by atoms with Crippen LogP contribution in [0.3, 0.4) is 0 Å². The lowest BCUT2D eigenvalue weighted by Crippen LogP contribution is -2.63. The third kappa shape index (κ3) is 10.2. The number of carbonyl (C=O) groups excluding carboxylic acids is 6. The van der Waals surface area contributed by atoms with Crippen molar-refractivity contribution in [2.24, 2.45) is 11.8 Å². The molecule has 0 unspecified atom stereocenters. The zero-order valence-electron chi connectivity index (χ0n) is 30.1. The molecule has 0 bridgehead atoms. The maximum absolute atomic E-state index is 13.6. The van der Waals surface area contributed by atoms with Gasteiger partial charge in [-0.1, -0.05) is 24.3 Å². The number of fused-ring (bicyclic) bond motifs is 1. The van der Waals surface area contributed by atoms with Crippen LogP contribution in [0.1, 0.15) is 39.7 Å². The lowest BCUT2D eigenvalue weighted by atomic mass is 9.81. The van der Waals surface area contributed by atoms with Gasteiger partial charge in [0.15, 0.2) is 18.3 Å². The number of rotatable bonds is 15. The number of carboxylic acid groups (broad SMARTS) is 1. The van der Waals surface area contributed by atoms with Crippen LogP contribution in [0, 0.1) is 11.8 Å². The molecule has 2 aliphatic rings. The molecule has 2 aromatic rings. The van der Waals surface area contributed by atoms with Gasteiger partial charge in [0.25, 0.3) is 0 Å². The van der Waals surface area contributed by atoms with Gasteiger partial charge in [-0.3, -0.25) is 24.0 Å². The van der Waals surface area contributed by atoms with E-state index in [1.165, 1.54) is 6.08 Å². The minimum atomic E-state index is -1.67. The molecule has 1 fully saturated rings. The number of aliphatic carboxylic acids is 1. The molecule has 0 spiro atoms. The summed E-state index contributed by atoms with van der Waals surface area (Å²) in [5.41, 5.74) is 1.33. The van der Waals surface area contributed by atoms with Gasteiger partial charge >= 0.3 is 35.8 Å². The molecule has 18 heteroatoms. The van der Waals surface area contributed by atoms with Crippen molar-refractivity contribution < 1.29 is 76.6 Å². The van der Waals surface area contributed by atoms with Crippen LogP contribution in [0.25, 0.3) is 10.9 Å². The highest BCUT2D eigenvalue weighted by Crippen LogP contribution is 2.38. The third-order valence-electron chi connectivity index (χ3n) is 8.55. The molecule has 1 saturated heterocycles. The summed E-state index contributed by atoms with van der Waals surface area (Å²) in [6.07, 6.45) is -5.61. The second kappa shape index (κ2) is 18.3.